The first-order chi connectivity index (χ1) is 11.9. The average Bonchev–Trinajstić information content (AvgIpc) is 3.09. The van der Waals surface area contributed by atoms with E-state index in [-0.39, 0.29) is 10.6 Å². The van der Waals surface area contributed by atoms with E-state index in [4.69, 9.17) is 11.6 Å². The molecule has 0 aliphatic heterocycles. The highest BCUT2D eigenvalue weighted by molar-refractivity contribution is 6.30. The summed E-state index contributed by atoms with van der Waals surface area (Å²) in [7, 11) is 0. The van der Waals surface area contributed by atoms with Crippen LogP contribution in [0, 0.1) is 0 Å². The summed E-state index contributed by atoms with van der Waals surface area (Å²) in [6, 6.07) is 12.8. The quantitative estimate of drug-likeness (QED) is 0.631. The molecule has 0 aliphatic carbocycles. The predicted octanol–water partition coefficient (Wildman–Crippen LogP) is 5.28. The molecular weight excluding hydrogens is 351 g/mol. The molecule has 3 rings (SSSR count). The number of aromatic nitrogens is 3. The predicted molar refractivity (Wildman–Crippen MR) is 90.6 cm³/mol. The Hall–Kier alpha value is -2.60. The number of rotatable bonds is 4. The van der Waals surface area contributed by atoms with E-state index in [1.807, 2.05) is 0 Å². The third-order valence-corrected chi connectivity index (χ3v) is 3.85. The lowest BCUT2D eigenvalue weighted by molar-refractivity contribution is -0.139. The molecule has 0 saturated carbocycles. The SMILES string of the molecule is FC(F)(F)C(C=Cc1ccc(-n2cncn2)cc1)c1cccc(Cl)c1. The van der Waals surface area contributed by atoms with Crippen LogP contribution in [0.5, 0.6) is 0 Å². The van der Waals surface area contributed by atoms with Crippen molar-refractivity contribution in [3.8, 4) is 5.69 Å². The number of allylic oxidation sites excluding steroid dienone is 1. The van der Waals surface area contributed by atoms with Gasteiger partial charge >= 0.3 is 6.18 Å². The third-order valence-electron chi connectivity index (χ3n) is 3.62. The zero-order chi connectivity index (χ0) is 17.9. The number of benzene rings is 2. The van der Waals surface area contributed by atoms with Crippen LogP contribution in [-0.4, -0.2) is 20.9 Å². The van der Waals surface area contributed by atoms with E-state index < -0.39 is 12.1 Å². The largest absolute Gasteiger partial charge is 0.399 e. The Morgan fingerprint density at radius 3 is 2.44 bits per heavy atom. The Bertz CT molecular complexity index is 856. The summed E-state index contributed by atoms with van der Waals surface area (Å²) < 4.78 is 41.7. The molecule has 0 aliphatic rings. The van der Waals surface area contributed by atoms with Crippen molar-refractivity contribution in [2.75, 3.05) is 0 Å². The van der Waals surface area contributed by atoms with Crippen LogP contribution in [0.25, 0.3) is 11.8 Å². The summed E-state index contributed by atoms with van der Waals surface area (Å²) in [5.74, 6) is -1.72. The molecule has 128 valence electrons. The van der Waals surface area contributed by atoms with Crippen LogP contribution in [0.2, 0.25) is 5.02 Å². The van der Waals surface area contributed by atoms with E-state index in [1.54, 1.807) is 41.3 Å². The number of halogens is 4. The van der Waals surface area contributed by atoms with Crippen LogP contribution in [0.4, 0.5) is 13.2 Å². The zero-order valence-electron chi connectivity index (χ0n) is 12.9. The lowest BCUT2D eigenvalue weighted by atomic mass is 9.97. The molecule has 2 aromatic carbocycles. The summed E-state index contributed by atoms with van der Waals surface area (Å²) in [5, 5.41) is 4.27. The molecule has 1 unspecified atom stereocenters. The van der Waals surface area contributed by atoms with Gasteiger partial charge in [0.05, 0.1) is 11.6 Å². The summed E-state index contributed by atoms with van der Waals surface area (Å²) in [6.45, 7) is 0. The van der Waals surface area contributed by atoms with Crippen molar-refractivity contribution in [2.45, 2.75) is 12.1 Å². The minimum atomic E-state index is -4.40. The minimum absolute atomic E-state index is 0.107. The molecule has 0 spiro atoms. The average molecular weight is 364 g/mol. The maximum atomic E-state index is 13.4. The van der Waals surface area contributed by atoms with Crippen LogP contribution < -0.4 is 0 Å². The van der Waals surface area contributed by atoms with Crippen LogP contribution in [0.15, 0.2) is 67.3 Å². The Morgan fingerprint density at radius 1 is 1.08 bits per heavy atom. The van der Waals surface area contributed by atoms with Gasteiger partial charge in [-0.05, 0) is 35.4 Å². The molecule has 7 heteroatoms. The minimum Gasteiger partial charge on any atom is -0.223 e. The van der Waals surface area contributed by atoms with E-state index in [2.05, 4.69) is 10.1 Å². The summed E-state index contributed by atoms with van der Waals surface area (Å²) in [4.78, 5) is 3.85. The second-order valence-electron chi connectivity index (χ2n) is 5.36. The number of hydrogen-bond donors (Lipinski definition) is 0. The topological polar surface area (TPSA) is 30.7 Å². The first kappa shape index (κ1) is 17.2. The van der Waals surface area contributed by atoms with Gasteiger partial charge in [0.1, 0.15) is 12.7 Å². The molecule has 3 aromatic rings. The van der Waals surface area contributed by atoms with E-state index in [9.17, 15) is 13.2 Å². The Kier molecular flexibility index (Phi) is 4.90. The molecule has 1 aromatic heterocycles. The Morgan fingerprint density at radius 2 is 1.84 bits per heavy atom. The van der Waals surface area contributed by atoms with Gasteiger partial charge < -0.3 is 0 Å². The van der Waals surface area contributed by atoms with Crippen LogP contribution in [-0.2, 0) is 0 Å². The van der Waals surface area contributed by atoms with Gasteiger partial charge in [0.25, 0.3) is 0 Å². The maximum absolute atomic E-state index is 13.4. The molecule has 25 heavy (non-hydrogen) atoms. The van der Waals surface area contributed by atoms with Crippen molar-refractivity contribution in [1.82, 2.24) is 14.8 Å². The lowest BCUT2D eigenvalue weighted by Gasteiger charge is -2.17. The highest BCUT2D eigenvalue weighted by Crippen LogP contribution is 2.37. The fourth-order valence-corrected chi connectivity index (χ4v) is 2.60. The van der Waals surface area contributed by atoms with Gasteiger partial charge in [-0.1, -0.05) is 48.0 Å². The highest BCUT2D eigenvalue weighted by atomic mass is 35.5. The van der Waals surface area contributed by atoms with E-state index in [0.717, 1.165) is 11.8 Å². The van der Waals surface area contributed by atoms with Crippen molar-refractivity contribution in [3.63, 3.8) is 0 Å². The van der Waals surface area contributed by atoms with Gasteiger partial charge in [0.15, 0.2) is 0 Å². The molecule has 1 atom stereocenters. The van der Waals surface area contributed by atoms with Gasteiger partial charge in [0.2, 0.25) is 0 Å². The first-order valence-electron chi connectivity index (χ1n) is 7.39. The van der Waals surface area contributed by atoms with Gasteiger partial charge in [0, 0.05) is 5.02 Å². The smallest absolute Gasteiger partial charge is 0.223 e. The Labute approximate surface area is 147 Å². The van der Waals surface area contributed by atoms with Gasteiger partial charge in [-0.2, -0.15) is 18.3 Å². The highest BCUT2D eigenvalue weighted by Gasteiger charge is 2.38. The third kappa shape index (κ3) is 4.28. The molecule has 0 fully saturated rings. The monoisotopic (exact) mass is 363 g/mol. The number of alkyl halides is 3. The van der Waals surface area contributed by atoms with E-state index in [0.29, 0.717) is 5.56 Å². The summed E-state index contributed by atoms with van der Waals surface area (Å²) >= 11 is 5.82. The number of nitrogens with zero attached hydrogens (tertiary/aromatic N) is 3. The fraction of sp³-hybridized carbons (Fsp3) is 0.111. The maximum Gasteiger partial charge on any atom is 0.399 e. The number of hydrogen-bond acceptors (Lipinski definition) is 2. The molecule has 0 saturated heterocycles. The molecule has 0 bridgehead atoms. The van der Waals surface area contributed by atoms with Crippen molar-refractivity contribution in [1.29, 1.82) is 0 Å². The second-order valence-corrected chi connectivity index (χ2v) is 5.80. The van der Waals surface area contributed by atoms with Gasteiger partial charge in [-0.25, -0.2) is 9.67 Å². The van der Waals surface area contributed by atoms with E-state index in [1.165, 1.54) is 30.6 Å². The molecule has 3 nitrogen and oxygen atoms in total. The van der Waals surface area contributed by atoms with Gasteiger partial charge in [-0.3, -0.25) is 0 Å². The molecule has 0 radical (unpaired) electrons. The first-order valence-corrected chi connectivity index (χ1v) is 7.77. The normalized spacial score (nSPS) is 13.3. The van der Waals surface area contributed by atoms with Crippen molar-refractivity contribution < 1.29 is 13.2 Å². The van der Waals surface area contributed by atoms with Gasteiger partial charge in [-0.15, -0.1) is 0 Å². The van der Waals surface area contributed by atoms with Crippen LogP contribution in [0.1, 0.15) is 17.0 Å². The second kappa shape index (κ2) is 7.11. The van der Waals surface area contributed by atoms with Crippen molar-refractivity contribution in [2.24, 2.45) is 0 Å². The zero-order valence-corrected chi connectivity index (χ0v) is 13.6. The summed E-state index contributed by atoms with van der Waals surface area (Å²) in [6.07, 6.45) is 1.14. The molecule has 0 amide bonds. The van der Waals surface area contributed by atoms with Crippen molar-refractivity contribution in [3.05, 3.63) is 83.4 Å². The molecular formula is C18H13ClF3N3. The molecule has 0 N–H and O–H groups in total. The standard InChI is InChI=1S/C18H13ClF3N3/c19-15-3-1-2-14(10-15)17(18(20,21)22)9-6-13-4-7-16(8-5-13)25-12-23-11-24-25/h1-12,17H. The summed E-state index contributed by atoms with van der Waals surface area (Å²) in [5.41, 5.74) is 1.53. The Balaban J connectivity index is 1.84. The lowest BCUT2D eigenvalue weighted by Crippen LogP contribution is -2.18. The van der Waals surface area contributed by atoms with Crippen molar-refractivity contribution >= 4 is 17.7 Å². The fourth-order valence-electron chi connectivity index (χ4n) is 2.40. The van der Waals surface area contributed by atoms with Crippen LogP contribution >= 0.6 is 11.6 Å². The molecule has 1 heterocycles. The van der Waals surface area contributed by atoms with Crippen LogP contribution in [0.3, 0.4) is 0 Å². The van der Waals surface area contributed by atoms with E-state index >= 15 is 0 Å².